The van der Waals surface area contributed by atoms with E-state index in [0.29, 0.717) is 0 Å². The molecule has 0 aliphatic heterocycles. The Hall–Kier alpha value is -1.35. The van der Waals surface area contributed by atoms with Gasteiger partial charge in [-0.3, -0.25) is 4.79 Å². The molecule has 3 nitrogen and oxygen atoms in total. The van der Waals surface area contributed by atoms with Crippen LogP contribution in [0.5, 0.6) is 0 Å². The van der Waals surface area contributed by atoms with Gasteiger partial charge in [-0.15, -0.1) is 0 Å². The van der Waals surface area contributed by atoms with Gasteiger partial charge in [0.25, 0.3) is 0 Å². The molecule has 0 radical (unpaired) electrons. The van der Waals surface area contributed by atoms with Gasteiger partial charge < -0.3 is 11.3 Å². The Labute approximate surface area is 161 Å². The fourth-order valence-electron chi connectivity index (χ4n) is 3.61. The molecule has 0 aromatic heterocycles. The van der Waals surface area contributed by atoms with E-state index in [1.807, 2.05) is 32.0 Å². The fraction of sp³-hybridized carbons (Fsp3) is 0.696. The summed E-state index contributed by atoms with van der Waals surface area (Å²) in [5.41, 5.74) is 0.437. The molecule has 1 unspecified atom stereocenters. The first kappa shape index (κ1) is 24.7. The largest absolute Gasteiger partial charge is 0.481 e. The summed E-state index contributed by atoms with van der Waals surface area (Å²) >= 11 is 0. The van der Waals surface area contributed by atoms with E-state index in [0.717, 1.165) is 18.4 Å². The highest BCUT2D eigenvalue weighted by atomic mass is 16.4. The van der Waals surface area contributed by atoms with Gasteiger partial charge in [-0.25, -0.2) is 0 Å². The molecule has 0 aliphatic carbocycles. The summed E-state index contributed by atoms with van der Waals surface area (Å²) in [5, 5.41) is 9.63. The molecule has 26 heavy (non-hydrogen) atoms. The van der Waals surface area contributed by atoms with E-state index in [1.54, 1.807) is 0 Å². The lowest BCUT2D eigenvalue weighted by Crippen LogP contribution is -2.31. The summed E-state index contributed by atoms with van der Waals surface area (Å²) in [7, 11) is 0. The number of carboxylic acid groups (broad SMARTS) is 1. The maximum atomic E-state index is 11.7. The van der Waals surface area contributed by atoms with Crippen LogP contribution in [0.1, 0.15) is 103 Å². The van der Waals surface area contributed by atoms with Gasteiger partial charge in [-0.2, -0.15) is 0 Å². The summed E-state index contributed by atoms with van der Waals surface area (Å²) in [6, 6.07) is 10.2. The topological polar surface area (TPSA) is 72.3 Å². The molecule has 4 N–H and O–H groups in total. The van der Waals surface area contributed by atoms with Crippen LogP contribution in [0.25, 0.3) is 0 Å². The van der Waals surface area contributed by atoms with E-state index in [1.165, 1.54) is 57.8 Å². The number of benzene rings is 1. The Morgan fingerprint density at radius 2 is 1.35 bits per heavy atom. The van der Waals surface area contributed by atoms with Crippen molar-refractivity contribution in [3.63, 3.8) is 0 Å². The van der Waals surface area contributed by atoms with E-state index >= 15 is 0 Å². The number of unbranched alkanes of at least 4 members (excludes halogenated alkanes) is 9. The second kappa shape index (κ2) is 13.8. The number of hydrogen-bond acceptors (Lipinski definition) is 2. The Kier molecular flexibility index (Phi) is 13.1. The van der Waals surface area contributed by atoms with Gasteiger partial charge in [0.15, 0.2) is 0 Å². The monoisotopic (exact) mass is 363 g/mol. The van der Waals surface area contributed by atoms with Crippen LogP contribution >= 0.6 is 0 Å². The highest BCUT2D eigenvalue weighted by molar-refractivity contribution is 5.75. The highest BCUT2D eigenvalue weighted by Gasteiger charge is 2.37. The Morgan fingerprint density at radius 3 is 1.81 bits per heavy atom. The normalized spacial score (nSPS) is 12.4. The maximum Gasteiger partial charge on any atom is 0.309 e. The summed E-state index contributed by atoms with van der Waals surface area (Å²) in [6.45, 7) is 5.99. The average Bonchev–Trinajstić information content (AvgIpc) is 2.60. The second-order valence-electron chi connectivity index (χ2n) is 7.96. The predicted octanol–water partition coefficient (Wildman–Crippen LogP) is 7.35. The highest BCUT2D eigenvalue weighted by Crippen LogP contribution is 2.39. The molecule has 150 valence electrons. The summed E-state index contributed by atoms with van der Waals surface area (Å²) < 4.78 is 0. The molecule has 0 saturated heterocycles. The second-order valence-corrected chi connectivity index (χ2v) is 7.96. The smallest absolute Gasteiger partial charge is 0.309 e. The van der Waals surface area contributed by atoms with Crippen molar-refractivity contribution in [2.24, 2.45) is 5.41 Å². The molecule has 0 spiro atoms. The zero-order chi connectivity index (χ0) is 18.5. The van der Waals surface area contributed by atoms with Gasteiger partial charge in [0.05, 0.1) is 5.41 Å². The molecule has 3 heteroatoms. The van der Waals surface area contributed by atoms with Crippen molar-refractivity contribution in [1.29, 1.82) is 0 Å². The third-order valence-electron chi connectivity index (χ3n) is 5.47. The van der Waals surface area contributed by atoms with Crippen LogP contribution in [-0.4, -0.2) is 11.1 Å². The van der Waals surface area contributed by atoms with Crippen molar-refractivity contribution >= 4 is 5.97 Å². The molecule has 0 saturated carbocycles. The molecule has 0 bridgehead atoms. The lowest BCUT2D eigenvalue weighted by Gasteiger charge is -2.31. The summed E-state index contributed by atoms with van der Waals surface area (Å²) in [5.74, 6) is -0.617. The van der Waals surface area contributed by atoms with Crippen LogP contribution in [0.2, 0.25) is 0 Å². The fourth-order valence-corrected chi connectivity index (χ4v) is 3.61. The van der Waals surface area contributed by atoms with Crippen molar-refractivity contribution < 1.29 is 9.90 Å². The van der Waals surface area contributed by atoms with Gasteiger partial charge in [0.1, 0.15) is 0 Å². The van der Waals surface area contributed by atoms with Crippen LogP contribution in [0.15, 0.2) is 30.3 Å². The Balaban J connectivity index is 0.00000625. The molecular weight excluding hydrogens is 322 g/mol. The average molecular weight is 364 g/mol. The van der Waals surface area contributed by atoms with E-state index in [4.69, 9.17) is 0 Å². The number of carbonyl (C=O) groups is 1. The van der Waals surface area contributed by atoms with Crippen LogP contribution in [0, 0.1) is 5.41 Å². The molecule has 1 aromatic rings. The van der Waals surface area contributed by atoms with Gasteiger partial charge in [0, 0.05) is 0 Å². The predicted molar refractivity (Wildman–Crippen MR) is 112 cm³/mol. The quantitative estimate of drug-likeness (QED) is 0.339. The van der Waals surface area contributed by atoms with Crippen molar-refractivity contribution in [3.05, 3.63) is 35.9 Å². The van der Waals surface area contributed by atoms with E-state index in [2.05, 4.69) is 19.1 Å². The lowest BCUT2D eigenvalue weighted by atomic mass is 9.72. The van der Waals surface area contributed by atoms with Crippen molar-refractivity contribution in [2.75, 3.05) is 0 Å². The van der Waals surface area contributed by atoms with Crippen LogP contribution in [-0.2, 0) is 4.79 Å². The van der Waals surface area contributed by atoms with Crippen LogP contribution < -0.4 is 6.15 Å². The standard InChI is InChI=1S/C23H38O2.H3N/c1-4-5-6-7-8-9-10-11-12-16-19-21(23(2,3)22(24)25)20-17-14-13-15-18-20;/h13-15,17-18,21H,4-12,16,19H2,1-3H3,(H,24,25);1H3. The van der Waals surface area contributed by atoms with E-state index < -0.39 is 11.4 Å². The molecule has 1 atom stereocenters. The zero-order valence-electron chi connectivity index (χ0n) is 17.3. The van der Waals surface area contributed by atoms with E-state index in [9.17, 15) is 9.90 Å². The van der Waals surface area contributed by atoms with E-state index in [-0.39, 0.29) is 12.1 Å². The number of aliphatic carboxylic acids is 1. The maximum absolute atomic E-state index is 11.7. The van der Waals surface area contributed by atoms with Crippen LogP contribution in [0.4, 0.5) is 0 Å². The first-order chi connectivity index (χ1) is 12.0. The van der Waals surface area contributed by atoms with Gasteiger partial charge >= 0.3 is 5.97 Å². The van der Waals surface area contributed by atoms with Crippen molar-refractivity contribution in [2.45, 2.75) is 97.3 Å². The molecule has 0 fully saturated rings. The molecule has 0 amide bonds. The van der Waals surface area contributed by atoms with Gasteiger partial charge in [0.2, 0.25) is 0 Å². The van der Waals surface area contributed by atoms with Gasteiger partial charge in [-0.05, 0) is 31.7 Å². The first-order valence-electron chi connectivity index (χ1n) is 10.3. The minimum Gasteiger partial charge on any atom is -0.481 e. The van der Waals surface area contributed by atoms with Crippen LogP contribution in [0.3, 0.4) is 0 Å². The lowest BCUT2D eigenvalue weighted by molar-refractivity contribution is -0.148. The molecule has 0 heterocycles. The number of hydrogen-bond donors (Lipinski definition) is 2. The Morgan fingerprint density at radius 1 is 0.885 bits per heavy atom. The number of carboxylic acids is 1. The summed E-state index contributed by atoms with van der Waals surface area (Å²) in [4.78, 5) is 11.7. The zero-order valence-corrected chi connectivity index (χ0v) is 17.3. The Bertz CT molecular complexity index is 470. The van der Waals surface area contributed by atoms with Crippen molar-refractivity contribution in [3.8, 4) is 0 Å². The molecule has 1 rings (SSSR count). The minimum absolute atomic E-state index is 0. The van der Waals surface area contributed by atoms with Crippen molar-refractivity contribution in [1.82, 2.24) is 6.15 Å². The summed E-state index contributed by atoms with van der Waals surface area (Å²) in [6.07, 6.45) is 14.1. The first-order valence-corrected chi connectivity index (χ1v) is 10.3. The molecular formula is C23H41NO2. The minimum atomic E-state index is -0.722. The van der Waals surface area contributed by atoms with Gasteiger partial charge in [-0.1, -0.05) is 101 Å². The third-order valence-corrected chi connectivity index (χ3v) is 5.47. The molecule has 0 aliphatic rings. The SMILES string of the molecule is CCCCCCCCCCCCC(c1ccccc1)C(C)(C)C(=O)O.N. The third kappa shape index (κ3) is 8.84. The molecule has 1 aromatic carbocycles. The number of rotatable bonds is 14.